The zero-order chi connectivity index (χ0) is 14.8. The van der Waals surface area contributed by atoms with Gasteiger partial charge in [0.05, 0.1) is 18.7 Å². The second-order valence-electron chi connectivity index (χ2n) is 4.56. The number of hydrogen-bond donors (Lipinski definition) is 1. The van der Waals surface area contributed by atoms with Gasteiger partial charge in [0, 0.05) is 20.6 Å². The van der Waals surface area contributed by atoms with Gasteiger partial charge in [0.25, 0.3) is 0 Å². The van der Waals surface area contributed by atoms with Crippen LogP contribution in [0.15, 0.2) is 0 Å². The lowest BCUT2D eigenvalue weighted by Gasteiger charge is -2.37. The summed E-state index contributed by atoms with van der Waals surface area (Å²) in [5, 5.41) is 2.35. The van der Waals surface area contributed by atoms with Gasteiger partial charge in [-0.2, -0.15) is 0 Å². The molecule has 0 fully saturated rings. The highest BCUT2D eigenvalue weighted by molar-refractivity contribution is 5.80. The molecule has 3 atom stereocenters. The Labute approximate surface area is 114 Å². The maximum atomic E-state index is 11.9. The Kier molecular flexibility index (Phi) is 8.78. The minimum atomic E-state index is -0.336. The molecule has 0 aliphatic heterocycles. The number of carbonyl (C=O) groups excluding carboxylic acids is 3. The first-order valence-corrected chi connectivity index (χ1v) is 6.42. The number of carbonyl (C=O) groups is 3. The van der Waals surface area contributed by atoms with Crippen LogP contribution in [-0.2, 0) is 19.1 Å². The number of ether oxygens (including phenoxy) is 1. The number of rotatable bonds is 10. The third-order valence-electron chi connectivity index (χ3n) is 3.42. The highest BCUT2D eigenvalue weighted by Gasteiger charge is 2.31. The van der Waals surface area contributed by atoms with Gasteiger partial charge in [-0.3, -0.25) is 9.59 Å². The molecule has 2 amide bonds. The zero-order valence-electron chi connectivity index (χ0n) is 12.1. The van der Waals surface area contributed by atoms with Crippen LogP contribution in [0.1, 0.15) is 26.7 Å². The minimum absolute atomic E-state index is 0.0511. The van der Waals surface area contributed by atoms with E-state index in [9.17, 15) is 14.4 Å². The van der Waals surface area contributed by atoms with Gasteiger partial charge in [0.15, 0.2) is 0 Å². The second kappa shape index (κ2) is 9.49. The lowest BCUT2D eigenvalue weighted by atomic mass is 9.91. The van der Waals surface area contributed by atoms with Crippen molar-refractivity contribution in [1.29, 1.82) is 0 Å². The van der Waals surface area contributed by atoms with Crippen LogP contribution in [-0.4, -0.2) is 56.4 Å². The maximum absolute atomic E-state index is 11.9. The van der Waals surface area contributed by atoms with Gasteiger partial charge < -0.3 is 19.7 Å². The Morgan fingerprint density at radius 3 is 2.47 bits per heavy atom. The van der Waals surface area contributed by atoms with Crippen LogP contribution in [0.3, 0.4) is 0 Å². The molecule has 0 spiro atoms. The first kappa shape index (κ1) is 17.6. The van der Waals surface area contributed by atoms with Crippen LogP contribution >= 0.6 is 0 Å². The van der Waals surface area contributed by atoms with E-state index in [4.69, 9.17) is 4.74 Å². The standard InChI is InChI=1S/C13H24N2O4/c1-5-10(2)13(11(19-4)6-7-16)15(3)12(18)8-14-9-17/h7,9-11,13H,5-6,8H2,1-4H3,(H,14,17)/t10?,11?,13-/m0/s1. The number of likely N-dealkylation sites (N-methyl/N-ethyl adjacent to an activating group) is 1. The Hall–Kier alpha value is -1.43. The fourth-order valence-corrected chi connectivity index (χ4v) is 2.13. The summed E-state index contributed by atoms with van der Waals surface area (Å²) in [6.07, 6.45) is 2.05. The summed E-state index contributed by atoms with van der Waals surface area (Å²) in [7, 11) is 3.20. The Balaban J connectivity index is 4.94. The Morgan fingerprint density at radius 1 is 1.42 bits per heavy atom. The maximum Gasteiger partial charge on any atom is 0.242 e. The Bertz CT molecular complexity index is 296. The predicted molar refractivity (Wildman–Crippen MR) is 71.6 cm³/mol. The SMILES string of the molecule is CCC(C)[C@@H](C(CC=O)OC)N(C)C(=O)CNC=O. The molecule has 0 saturated carbocycles. The van der Waals surface area contributed by atoms with E-state index in [2.05, 4.69) is 5.32 Å². The summed E-state index contributed by atoms with van der Waals surface area (Å²) < 4.78 is 5.34. The first-order chi connectivity index (χ1) is 9.03. The minimum Gasteiger partial charge on any atom is -0.379 e. The number of hydrogen-bond acceptors (Lipinski definition) is 4. The summed E-state index contributed by atoms with van der Waals surface area (Å²) in [5.74, 6) is -0.0135. The van der Waals surface area contributed by atoms with Gasteiger partial charge in [-0.1, -0.05) is 20.3 Å². The van der Waals surface area contributed by atoms with Crippen LogP contribution in [0.25, 0.3) is 0 Å². The van der Waals surface area contributed by atoms with Crippen LogP contribution in [0, 0.1) is 5.92 Å². The Morgan fingerprint density at radius 2 is 2.05 bits per heavy atom. The second-order valence-corrected chi connectivity index (χ2v) is 4.56. The van der Waals surface area contributed by atoms with Gasteiger partial charge in [-0.15, -0.1) is 0 Å². The number of nitrogens with one attached hydrogen (secondary N) is 1. The van der Waals surface area contributed by atoms with E-state index in [1.165, 1.54) is 7.11 Å². The third-order valence-corrected chi connectivity index (χ3v) is 3.42. The van der Waals surface area contributed by atoms with Gasteiger partial charge in [0.2, 0.25) is 12.3 Å². The molecule has 0 radical (unpaired) electrons. The van der Waals surface area contributed by atoms with Crippen molar-refractivity contribution in [2.45, 2.75) is 38.8 Å². The quantitative estimate of drug-likeness (QED) is 0.577. The molecule has 0 aromatic rings. The highest BCUT2D eigenvalue weighted by atomic mass is 16.5. The highest BCUT2D eigenvalue weighted by Crippen LogP contribution is 2.20. The van der Waals surface area contributed by atoms with E-state index in [0.717, 1.165) is 12.7 Å². The van der Waals surface area contributed by atoms with Gasteiger partial charge in [-0.25, -0.2) is 0 Å². The predicted octanol–water partition coefficient (Wildman–Crippen LogP) is 0.210. The average molecular weight is 272 g/mol. The molecule has 19 heavy (non-hydrogen) atoms. The van der Waals surface area contributed by atoms with Gasteiger partial charge >= 0.3 is 0 Å². The van der Waals surface area contributed by atoms with Gasteiger partial charge in [-0.05, 0) is 5.92 Å². The first-order valence-electron chi connectivity index (χ1n) is 6.42. The van der Waals surface area contributed by atoms with Gasteiger partial charge in [0.1, 0.15) is 6.29 Å². The lowest BCUT2D eigenvalue weighted by molar-refractivity contribution is -0.137. The van der Waals surface area contributed by atoms with Crippen molar-refractivity contribution in [2.75, 3.05) is 20.7 Å². The molecule has 110 valence electrons. The number of amides is 2. The van der Waals surface area contributed by atoms with Crippen molar-refractivity contribution in [3.05, 3.63) is 0 Å². The molecule has 0 saturated heterocycles. The molecular formula is C13H24N2O4. The van der Waals surface area contributed by atoms with E-state index in [0.29, 0.717) is 6.41 Å². The van der Waals surface area contributed by atoms with Crippen molar-refractivity contribution in [2.24, 2.45) is 5.92 Å². The molecule has 1 N–H and O–H groups in total. The molecule has 0 bridgehead atoms. The van der Waals surface area contributed by atoms with E-state index >= 15 is 0 Å². The number of aldehydes is 1. The van der Waals surface area contributed by atoms with E-state index in [1.54, 1.807) is 11.9 Å². The van der Waals surface area contributed by atoms with E-state index < -0.39 is 0 Å². The summed E-state index contributed by atoms with van der Waals surface area (Å²) in [4.78, 5) is 34.5. The molecule has 0 rings (SSSR count). The average Bonchev–Trinajstić information content (AvgIpc) is 2.43. The fourth-order valence-electron chi connectivity index (χ4n) is 2.13. The zero-order valence-corrected chi connectivity index (χ0v) is 12.1. The summed E-state index contributed by atoms with van der Waals surface area (Å²) in [6.45, 7) is 3.98. The topological polar surface area (TPSA) is 75.7 Å². The summed E-state index contributed by atoms with van der Waals surface area (Å²) >= 11 is 0. The van der Waals surface area contributed by atoms with Crippen molar-refractivity contribution in [3.63, 3.8) is 0 Å². The monoisotopic (exact) mass is 272 g/mol. The molecule has 0 aromatic heterocycles. The fraction of sp³-hybridized carbons (Fsp3) is 0.769. The molecule has 2 unspecified atom stereocenters. The molecule has 0 aromatic carbocycles. The lowest BCUT2D eigenvalue weighted by Crippen LogP contribution is -2.51. The smallest absolute Gasteiger partial charge is 0.242 e. The van der Waals surface area contributed by atoms with E-state index in [1.807, 2.05) is 13.8 Å². The molecular weight excluding hydrogens is 248 g/mol. The summed E-state index contributed by atoms with van der Waals surface area (Å²) in [6, 6.07) is -0.193. The van der Waals surface area contributed by atoms with Crippen molar-refractivity contribution in [1.82, 2.24) is 10.2 Å². The molecule has 0 heterocycles. The number of nitrogens with zero attached hydrogens (tertiary/aromatic N) is 1. The van der Waals surface area contributed by atoms with Crippen LogP contribution in [0.4, 0.5) is 0 Å². The molecule has 6 nitrogen and oxygen atoms in total. The largest absolute Gasteiger partial charge is 0.379 e. The van der Waals surface area contributed by atoms with Crippen molar-refractivity contribution >= 4 is 18.6 Å². The number of methoxy groups -OCH3 is 1. The molecule has 0 aliphatic rings. The van der Waals surface area contributed by atoms with Crippen molar-refractivity contribution in [3.8, 4) is 0 Å². The molecule has 6 heteroatoms. The molecule has 0 aliphatic carbocycles. The normalized spacial score (nSPS) is 15.2. The van der Waals surface area contributed by atoms with Crippen LogP contribution in [0.5, 0.6) is 0 Å². The van der Waals surface area contributed by atoms with Crippen molar-refractivity contribution < 1.29 is 19.1 Å². The van der Waals surface area contributed by atoms with Crippen LogP contribution in [0.2, 0.25) is 0 Å². The van der Waals surface area contributed by atoms with Crippen LogP contribution < -0.4 is 5.32 Å². The third kappa shape index (κ3) is 5.38. The van der Waals surface area contributed by atoms with E-state index in [-0.39, 0.29) is 36.9 Å². The summed E-state index contributed by atoms with van der Waals surface area (Å²) in [5.41, 5.74) is 0.